The Balaban J connectivity index is 3.73. The summed E-state index contributed by atoms with van der Waals surface area (Å²) in [5, 5.41) is 0. The molecule has 0 heterocycles. The highest BCUT2D eigenvalue weighted by atomic mass is 79.9. The maximum Gasteiger partial charge on any atom is 0.389 e. The third-order valence-electron chi connectivity index (χ3n) is 1.30. The predicted octanol–water partition coefficient (Wildman–Crippen LogP) is 2.11. The van der Waals surface area contributed by atoms with E-state index in [2.05, 4.69) is 31.9 Å². The number of halogens is 5. The minimum Gasteiger partial charge on any atom is -0.423 e. The molecule has 7 heteroatoms. The van der Waals surface area contributed by atoms with Gasteiger partial charge in [-0.2, -0.15) is 13.2 Å². The first kappa shape index (κ1) is 12.9. The first-order valence-corrected chi connectivity index (χ1v) is 5.89. The van der Waals surface area contributed by atoms with Crippen LogP contribution < -0.4 is 0 Å². The second-order valence-electron chi connectivity index (χ2n) is 2.26. The zero-order valence-electron chi connectivity index (χ0n) is 6.37. The van der Waals surface area contributed by atoms with Gasteiger partial charge >= 0.3 is 6.18 Å². The van der Waals surface area contributed by atoms with Gasteiger partial charge in [0.25, 0.3) is 0 Å². The summed E-state index contributed by atoms with van der Waals surface area (Å²) in [4.78, 5) is 0. The van der Waals surface area contributed by atoms with Crippen LogP contribution in [-0.4, -0.2) is 26.5 Å². The lowest BCUT2D eigenvalue weighted by molar-refractivity contribution is -0.138. The quantitative estimate of drug-likeness (QED) is 0.567. The van der Waals surface area contributed by atoms with E-state index in [-0.39, 0.29) is 10.2 Å². The van der Waals surface area contributed by atoms with Crippen molar-refractivity contribution in [2.45, 2.75) is 28.9 Å². The molecule has 0 rings (SSSR count). The highest BCUT2D eigenvalue weighted by molar-refractivity contribution is 9.24. The summed E-state index contributed by atoms with van der Waals surface area (Å²) in [5.41, 5.74) is 0. The molecule has 0 spiro atoms. The van der Waals surface area contributed by atoms with Crippen molar-refractivity contribution in [2.75, 3.05) is 0 Å². The van der Waals surface area contributed by atoms with Crippen LogP contribution in [0.25, 0.3) is 0 Å². The van der Waals surface area contributed by atoms with Crippen LogP contribution in [0.4, 0.5) is 13.2 Å². The van der Waals surface area contributed by atoms with Crippen molar-refractivity contribution in [3.63, 3.8) is 0 Å². The van der Waals surface area contributed by atoms with E-state index in [1.165, 1.54) is 0 Å². The Bertz CT molecular complexity index is 130. The molecule has 1 nitrogen and oxygen atoms in total. The average Bonchev–Trinajstić information content (AvgIpc) is 1.85. The van der Waals surface area contributed by atoms with Crippen LogP contribution >= 0.6 is 31.9 Å². The van der Waals surface area contributed by atoms with Crippen molar-refractivity contribution in [2.24, 2.45) is 0 Å². The summed E-state index contributed by atoms with van der Waals surface area (Å²) in [7, 11) is 0.444. The molecule has 0 aromatic heterocycles. The van der Waals surface area contributed by atoms with Gasteiger partial charge in [0, 0.05) is 6.42 Å². The summed E-state index contributed by atoms with van der Waals surface area (Å²) in [5.74, 6) is 0. The molecule has 74 valence electrons. The normalized spacial score (nSPS) is 15.5. The molecule has 0 N–H and O–H groups in total. The number of hydrogen-bond acceptors (Lipinski definition) is 1. The third kappa shape index (κ3) is 6.44. The first-order chi connectivity index (χ1) is 5.37. The molecule has 1 unspecified atom stereocenters. The molecule has 0 aromatic rings. The molecule has 1 atom stereocenters. The number of hydrogen-bond donors (Lipinski definition) is 0. The lowest BCUT2D eigenvalue weighted by Gasteiger charge is -2.17. The van der Waals surface area contributed by atoms with E-state index >= 15 is 0 Å². The van der Waals surface area contributed by atoms with Crippen molar-refractivity contribution < 1.29 is 17.6 Å². The van der Waals surface area contributed by atoms with Gasteiger partial charge in [0.1, 0.15) is 10.5 Å². The lowest BCUT2D eigenvalue weighted by Crippen LogP contribution is -2.21. The Hall–Kier alpha value is 0.927. The molecule has 0 saturated carbocycles. The van der Waals surface area contributed by atoms with Crippen molar-refractivity contribution in [1.29, 1.82) is 0 Å². The predicted molar refractivity (Wildman–Crippen MR) is 51.7 cm³/mol. The number of alkyl halides is 5. The highest BCUT2D eigenvalue weighted by Crippen LogP contribution is 2.26. The zero-order valence-corrected chi connectivity index (χ0v) is 11.5. The fourth-order valence-electron chi connectivity index (χ4n) is 0.653. The van der Waals surface area contributed by atoms with E-state index in [0.29, 0.717) is 10.5 Å². The summed E-state index contributed by atoms with van der Waals surface area (Å²) in [6.07, 6.45) is -5.28. The maximum atomic E-state index is 11.7. The van der Waals surface area contributed by atoms with E-state index in [4.69, 9.17) is 4.43 Å². The Kier molecular flexibility index (Phi) is 6.05. The average molecular weight is 330 g/mol. The number of rotatable bonds is 4. The monoisotopic (exact) mass is 328 g/mol. The second-order valence-corrected chi connectivity index (χ2v) is 5.94. The largest absolute Gasteiger partial charge is 0.423 e. The van der Waals surface area contributed by atoms with Crippen molar-refractivity contribution in [3.05, 3.63) is 0 Å². The van der Waals surface area contributed by atoms with Crippen molar-refractivity contribution >= 4 is 42.3 Å². The maximum absolute atomic E-state index is 11.7. The van der Waals surface area contributed by atoms with E-state index in [9.17, 15) is 13.2 Å². The molecule has 0 fully saturated rings. The molecule has 0 aliphatic rings. The van der Waals surface area contributed by atoms with E-state index in [1.807, 2.05) is 0 Å². The SMILES string of the molecule is FC(F)(F)CCC(O[SiH3])C(Br)Br. The molecule has 0 amide bonds. The molecule has 0 saturated heterocycles. The van der Waals surface area contributed by atoms with Crippen LogP contribution in [-0.2, 0) is 4.43 Å². The molecule has 12 heavy (non-hydrogen) atoms. The van der Waals surface area contributed by atoms with E-state index in [0.717, 1.165) is 0 Å². The summed E-state index contributed by atoms with van der Waals surface area (Å²) >= 11 is 6.23. The second kappa shape index (κ2) is 5.61. The molecule has 0 radical (unpaired) electrons. The van der Waals surface area contributed by atoms with Gasteiger partial charge in [-0.1, -0.05) is 31.9 Å². The first-order valence-electron chi connectivity index (χ1n) is 3.24. The van der Waals surface area contributed by atoms with Gasteiger partial charge in [-0.3, -0.25) is 0 Å². The lowest BCUT2D eigenvalue weighted by atomic mass is 10.2. The van der Waals surface area contributed by atoms with Crippen LogP contribution in [0, 0.1) is 0 Å². The minimum atomic E-state index is -4.09. The fourth-order valence-corrected chi connectivity index (χ4v) is 2.92. The molecule has 0 aliphatic heterocycles. The summed E-state index contributed by atoms with van der Waals surface area (Å²) in [6.45, 7) is 0. The highest BCUT2D eigenvalue weighted by Gasteiger charge is 2.29. The van der Waals surface area contributed by atoms with Gasteiger partial charge in [0.05, 0.1) is 9.84 Å². The summed E-state index contributed by atoms with van der Waals surface area (Å²) < 4.78 is 40.0. The van der Waals surface area contributed by atoms with E-state index in [1.54, 1.807) is 0 Å². The zero-order chi connectivity index (χ0) is 9.78. The van der Waals surface area contributed by atoms with Gasteiger partial charge in [0.15, 0.2) is 0 Å². The Morgan fingerprint density at radius 2 is 1.83 bits per heavy atom. The van der Waals surface area contributed by atoms with Crippen LogP contribution in [0.3, 0.4) is 0 Å². The fraction of sp³-hybridized carbons (Fsp3) is 1.00. The third-order valence-corrected chi connectivity index (χ3v) is 3.08. The molecule has 0 aromatic carbocycles. The van der Waals surface area contributed by atoms with Crippen LogP contribution in [0.2, 0.25) is 0 Å². The molecular formula is C5H9Br2F3OSi. The van der Waals surface area contributed by atoms with Crippen LogP contribution in [0.5, 0.6) is 0 Å². The van der Waals surface area contributed by atoms with Gasteiger partial charge in [-0.25, -0.2) is 0 Å². The topological polar surface area (TPSA) is 9.23 Å². The van der Waals surface area contributed by atoms with Gasteiger partial charge < -0.3 is 4.43 Å². The molecular weight excluding hydrogens is 321 g/mol. The van der Waals surface area contributed by atoms with E-state index < -0.39 is 18.7 Å². The van der Waals surface area contributed by atoms with Crippen molar-refractivity contribution in [3.8, 4) is 0 Å². The van der Waals surface area contributed by atoms with Crippen LogP contribution in [0.1, 0.15) is 12.8 Å². The smallest absolute Gasteiger partial charge is 0.389 e. The van der Waals surface area contributed by atoms with Crippen molar-refractivity contribution in [1.82, 2.24) is 0 Å². The van der Waals surface area contributed by atoms with Gasteiger partial charge in [-0.05, 0) is 6.42 Å². The molecule has 0 bridgehead atoms. The Labute approximate surface area is 88.8 Å². The minimum absolute atomic E-state index is 0.00579. The van der Waals surface area contributed by atoms with Gasteiger partial charge in [0.2, 0.25) is 0 Å². The Morgan fingerprint density at radius 1 is 1.33 bits per heavy atom. The molecule has 0 aliphatic carbocycles. The van der Waals surface area contributed by atoms with Crippen LogP contribution in [0.15, 0.2) is 0 Å². The van der Waals surface area contributed by atoms with Gasteiger partial charge in [-0.15, -0.1) is 0 Å². The Morgan fingerprint density at radius 3 is 2.08 bits per heavy atom. The summed E-state index contributed by atoms with van der Waals surface area (Å²) in [6, 6.07) is 0. The standard InChI is InChI=1S/C5H9Br2F3OSi/c6-4(7)3(11-12)1-2-5(8,9)10/h3-4H,1-2H2,12H3.